The van der Waals surface area contributed by atoms with Gasteiger partial charge < -0.3 is 14.0 Å². The topological polar surface area (TPSA) is 27.7 Å². The monoisotopic (exact) mass is 174 g/mol. The van der Waals surface area contributed by atoms with E-state index >= 15 is 0 Å². The zero-order valence-electron chi connectivity index (χ0n) is 6.49. The van der Waals surface area contributed by atoms with Gasteiger partial charge in [0.05, 0.1) is 0 Å². The Hall–Kier alpha value is 0.375. The molecule has 0 atom stereocenters. The molecular weight excluding hydrogens is 162 g/mol. The number of fused-ring (bicyclic) bond motifs is 6. The first-order valence-electron chi connectivity index (χ1n) is 4.02. The fraction of sp³-hybridized carbons (Fsp3) is 1.00. The Morgan fingerprint density at radius 3 is 1.73 bits per heavy atom. The molecule has 3 aliphatic heterocycles. The molecule has 11 heavy (non-hydrogen) atoms. The van der Waals surface area contributed by atoms with E-state index in [1.54, 1.807) is 0 Å². The highest BCUT2D eigenvalue weighted by Gasteiger charge is 2.27. The minimum Gasteiger partial charge on any atom is -0.386 e. The summed E-state index contributed by atoms with van der Waals surface area (Å²) in [5, 5.41) is 0. The Morgan fingerprint density at radius 2 is 1.27 bits per heavy atom. The molecule has 62 valence electrons. The highest BCUT2D eigenvalue weighted by atomic mass is 31.1. The summed E-state index contributed by atoms with van der Waals surface area (Å²) in [6, 6.07) is 0. The molecule has 0 amide bonds. The molecule has 0 spiro atoms. The summed E-state index contributed by atoms with van der Waals surface area (Å²) in [5.74, 6) is 0. The van der Waals surface area contributed by atoms with Gasteiger partial charge in [0.25, 0.3) is 0 Å². The predicted octanol–water partition coefficient (Wildman–Crippen LogP) is 0.530. The van der Waals surface area contributed by atoms with E-state index in [2.05, 4.69) is 0 Å². The summed E-state index contributed by atoms with van der Waals surface area (Å²) < 4.78 is 16.0. The fourth-order valence-electron chi connectivity index (χ4n) is 1.31. The Kier molecular flexibility index (Phi) is 2.80. The maximum Gasteiger partial charge on any atom is 0.639 e. The highest BCUT2D eigenvalue weighted by Crippen LogP contribution is 2.36. The van der Waals surface area contributed by atoms with Crippen LogP contribution in [-0.2, 0) is 14.0 Å². The summed E-state index contributed by atoms with van der Waals surface area (Å²) >= 11 is 0. The summed E-state index contributed by atoms with van der Waals surface area (Å²) in [6.07, 6.45) is 3.70. The molecule has 5 heteroatoms. The molecule has 3 heterocycles. The van der Waals surface area contributed by atoms with Crippen LogP contribution in [0.5, 0.6) is 0 Å². The molecule has 0 saturated carbocycles. The quantitative estimate of drug-likeness (QED) is 0.396. The second kappa shape index (κ2) is 3.86. The lowest BCUT2D eigenvalue weighted by Gasteiger charge is -2.27. The van der Waals surface area contributed by atoms with Crippen molar-refractivity contribution in [3.63, 3.8) is 0 Å². The zero-order valence-corrected chi connectivity index (χ0v) is 7.39. The Bertz CT molecular complexity index is 99.2. The Morgan fingerprint density at radius 1 is 0.818 bits per heavy atom. The van der Waals surface area contributed by atoms with Gasteiger partial charge in [-0.05, 0) is 18.5 Å². The zero-order chi connectivity index (χ0) is 7.52. The van der Waals surface area contributed by atoms with Crippen LogP contribution in [0.1, 0.15) is 0 Å². The molecule has 0 unspecified atom stereocenters. The van der Waals surface area contributed by atoms with Gasteiger partial charge in [0, 0.05) is 19.8 Å². The van der Waals surface area contributed by atoms with E-state index in [0.29, 0.717) is 0 Å². The summed E-state index contributed by atoms with van der Waals surface area (Å²) in [6.45, 7) is 2.45. The van der Waals surface area contributed by atoms with Gasteiger partial charge in [0.1, 0.15) is 0 Å². The first-order chi connectivity index (χ1) is 5.45. The van der Waals surface area contributed by atoms with Crippen LogP contribution in [0.4, 0.5) is 0 Å². The smallest absolute Gasteiger partial charge is 0.386 e. The van der Waals surface area contributed by atoms with Crippen LogP contribution in [0.2, 0.25) is 0 Å². The van der Waals surface area contributed by atoms with Gasteiger partial charge in [-0.1, -0.05) is 7.92 Å². The predicted molar refractivity (Wildman–Crippen MR) is 45.1 cm³/mol. The van der Waals surface area contributed by atoms with E-state index in [-0.39, 0.29) is 15.2 Å². The molecule has 0 aromatic carbocycles. The molecule has 0 aromatic heterocycles. The lowest BCUT2D eigenvalue weighted by Crippen LogP contribution is -2.35. The minimum absolute atomic E-state index is 0.147. The standard InChI is InChI=1S/C6H12BO3P/c1-4-11-5-2-9-7(8-1)10-3-6-11/h1-6H2. The lowest BCUT2D eigenvalue weighted by atomic mass is 10.2. The van der Waals surface area contributed by atoms with Crippen LogP contribution in [0, 0.1) is 0 Å². The van der Waals surface area contributed by atoms with E-state index in [1.165, 1.54) is 18.5 Å². The van der Waals surface area contributed by atoms with Crippen molar-refractivity contribution >= 4 is 15.2 Å². The van der Waals surface area contributed by atoms with Crippen LogP contribution >= 0.6 is 7.92 Å². The first kappa shape index (κ1) is 8.00. The molecule has 2 bridgehead atoms. The molecule has 0 radical (unpaired) electrons. The summed E-state index contributed by atoms with van der Waals surface area (Å²) in [5.41, 5.74) is 0. The molecule has 3 nitrogen and oxygen atoms in total. The average molecular weight is 174 g/mol. The molecule has 0 aliphatic carbocycles. The van der Waals surface area contributed by atoms with Crippen LogP contribution in [0.25, 0.3) is 0 Å². The molecule has 0 aromatic rings. The maximum absolute atomic E-state index is 5.33. The summed E-state index contributed by atoms with van der Waals surface area (Å²) in [7, 11) is -0.221. The van der Waals surface area contributed by atoms with Crippen molar-refractivity contribution in [1.29, 1.82) is 0 Å². The Labute approximate surface area is 68.3 Å². The number of hydrogen-bond acceptors (Lipinski definition) is 3. The van der Waals surface area contributed by atoms with Crippen molar-refractivity contribution < 1.29 is 14.0 Å². The van der Waals surface area contributed by atoms with Crippen molar-refractivity contribution in [3.05, 3.63) is 0 Å². The van der Waals surface area contributed by atoms with Crippen molar-refractivity contribution in [2.45, 2.75) is 0 Å². The van der Waals surface area contributed by atoms with Crippen molar-refractivity contribution in [1.82, 2.24) is 0 Å². The van der Waals surface area contributed by atoms with Crippen LogP contribution in [0.15, 0.2) is 0 Å². The maximum atomic E-state index is 5.33. The third kappa shape index (κ3) is 2.16. The van der Waals surface area contributed by atoms with E-state index < -0.39 is 0 Å². The van der Waals surface area contributed by atoms with Crippen molar-refractivity contribution in [2.75, 3.05) is 38.3 Å². The van der Waals surface area contributed by atoms with Crippen molar-refractivity contribution in [2.24, 2.45) is 0 Å². The highest BCUT2D eigenvalue weighted by molar-refractivity contribution is 7.57. The van der Waals surface area contributed by atoms with Gasteiger partial charge >= 0.3 is 7.32 Å². The van der Waals surface area contributed by atoms with E-state index in [9.17, 15) is 0 Å². The largest absolute Gasteiger partial charge is 0.639 e. The molecule has 3 rings (SSSR count). The third-order valence-electron chi connectivity index (χ3n) is 1.98. The van der Waals surface area contributed by atoms with Gasteiger partial charge in [0.2, 0.25) is 0 Å². The molecule has 0 N–H and O–H groups in total. The van der Waals surface area contributed by atoms with Gasteiger partial charge in [-0.15, -0.1) is 0 Å². The molecule has 3 aliphatic rings. The first-order valence-corrected chi connectivity index (χ1v) is 5.92. The van der Waals surface area contributed by atoms with Crippen LogP contribution < -0.4 is 0 Å². The fourth-order valence-corrected chi connectivity index (χ4v) is 3.08. The summed E-state index contributed by atoms with van der Waals surface area (Å²) in [4.78, 5) is 0. The van der Waals surface area contributed by atoms with E-state index in [1.807, 2.05) is 0 Å². The minimum atomic E-state index is -0.368. The second-order valence-electron chi connectivity index (χ2n) is 2.74. The van der Waals surface area contributed by atoms with Crippen LogP contribution in [0.3, 0.4) is 0 Å². The molecule has 3 fully saturated rings. The molecular formula is C6H12BO3P. The number of rotatable bonds is 0. The van der Waals surface area contributed by atoms with Gasteiger partial charge in [-0.2, -0.15) is 0 Å². The van der Waals surface area contributed by atoms with Gasteiger partial charge in [0.15, 0.2) is 0 Å². The SMILES string of the molecule is C1CP2CCOB(O1)OCC2. The van der Waals surface area contributed by atoms with Gasteiger partial charge in [-0.3, -0.25) is 0 Å². The lowest BCUT2D eigenvalue weighted by molar-refractivity contribution is 0.101. The van der Waals surface area contributed by atoms with E-state index in [4.69, 9.17) is 14.0 Å². The average Bonchev–Trinajstić information content (AvgIpc) is 1.80. The second-order valence-corrected chi connectivity index (χ2v) is 5.43. The number of hydrogen-bond donors (Lipinski definition) is 0. The van der Waals surface area contributed by atoms with Crippen molar-refractivity contribution in [3.8, 4) is 0 Å². The molecule has 3 saturated heterocycles. The van der Waals surface area contributed by atoms with E-state index in [0.717, 1.165) is 19.8 Å². The van der Waals surface area contributed by atoms with Gasteiger partial charge in [-0.25, -0.2) is 0 Å². The normalized spacial score (nSPS) is 27.8. The Balaban J connectivity index is 1.96. The third-order valence-corrected chi connectivity index (χ3v) is 4.43. The van der Waals surface area contributed by atoms with Crippen LogP contribution in [-0.4, -0.2) is 45.6 Å².